The molecule has 0 saturated carbocycles. The van der Waals surface area contributed by atoms with Crippen LogP contribution in [-0.2, 0) is 0 Å². The Morgan fingerprint density at radius 3 is 2.53 bits per heavy atom. The van der Waals surface area contributed by atoms with Crippen LogP contribution in [0.4, 0.5) is 4.39 Å². The quantitative estimate of drug-likeness (QED) is 0.878. The van der Waals surface area contributed by atoms with Gasteiger partial charge in [-0.05, 0) is 59.1 Å². The van der Waals surface area contributed by atoms with Crippen LogP contribution in [-0.4, -0.2) is 0 Å². The molecular formula is C13H13BrFNS. The molecule has 2 rings (SSSR count). The molecule has 1 heterocycles. The lowest BCUT2D eigenvalue weighted by Crippen LogP contribution is -2.11. The third kappa shape index (κ3) is 2.59. The van der Waals surface area contributed by atoms with Crippen molar-refractivity contribution in [2.45, 2.75) is 19.9 Å². The number of hydrogen-bond donors (Lipinski definition) is 1. The third-order valence-electron chi connectivity index (χ3n) is 2.75. The minimum absolute atomic E-state index is 0.189. The molecule has 4 heteroatoms. The lowest BCUT2D eigenvalue weighted by molar-refractivity contribution is 0.625. The van der Waals surface area contributed by atoms with E-state index in [9.17, 15) is 4.39 Å². The van der Waals surface area contributed by atoms with Crippen LogP contribution in [0.5, 0.6) is 0 Å². The number of rotatable bonds is 2. The summed E-state index contributed by atoms with van der Waals surface area (Å²) in [6, 6.07) is 6.58. The third-order valence-corrected chi connectivity index (χ3v) is 4.97. The van der Waals surface area contributed by atoms with Crippen LogP contribution in [0.2, 0.25) is 0 Å². The molecule has 2 aromatic rings. The first-order chi connectivity index (χ1) is 7.99. The van der Waals surface area contributed by atoms with Gasteiger partial charge in [0.05, 0.1) is 6.04 Å². The monoisotopic (exact) mass is 313 g/mol. The molecule has 0 amide bonds. The smallest absolute Gasteiger partial charge is 0.123 e. The van der Waals surface area contributed by atoms with Gasteiger partial charge in [-0.3, -0.25) is 0 Å². The van der Waals surface area contributed by atoms with Crippen molar-refractivity contribution in [1.29, 1.82) is 0 Å². The first-order valence-electron chi connectivity index (χ1n) is 5.26. The zero-order valence-electron chi connectivity index (χ0n) is 9.63. The summed E-state index contributed by atoms with van der Waals surface area (Å²) in [5, 5.41) is 0. The number of nitrogens with two attached hydrogens (primary N) is 1. The summed E-state index contributed by atoms with van der Waals surface area (Å²) in [5.74, 6) is -0.220. The van der Waals surface area contributed by atoms with Crippen LogP contribution in [0.1, 0.15) is 26.9 Å². The van der Waals surface area contributed by atoms with Crippen LogP contribution in [0.3, 0.4) is 0 Å². The number of benzene rings is 1. The van der Waals surface area contributed by atoms with Crippen molar-refractivity contribution in [2.24, 2.45) is 5.73 Å². The van der Waals surface area contributed by atoms with Gasteiger partial charge in [0.15, 0.2) is 0 Å². The van der Waals surface area contributed by atoms with E-state index < -0.39 is 0 Å². The van der Waals surface area contributed by atoms with Crippen molar-refractivity contribution < 1.29 is 4.39 Å². The van der Waals surface area contributed by atoms with Crippen molar-refractivity contribution in [3.63, 3.8) is 0 Å². The van der Waals surface area contributed by atoms with Gasteiger partial charge in [-0.2, -0.15) is 0 Å². The van der Waals surface area contributed by atoms with Crippen molar-refractivity contribution in [3.8, 4) is 0 Å². The van der Waals surface area contributed by atoms with Crippen molar-refractivity contribution in [2.75, 3.05) is 0 Å². The molecule has 1 atom stereocenters. The summed E-state index contributed by atoms with van der Waals surface area (Å²) in [5.41, 5.74) is 8.08. The summed E-state index contributed by atoms with van der Waals surface area (Å²) >= 11 is 5.15. The average molecular weight is 314 g/mol. The second-order valence-electron chi connectivity index (χ2n) is 4.03. The van der Waals surface area contributed by atoms with Gasteiger partial charge in [0.1, 0.15) is 5.82 Å². The molecule has 1 aromatic carbocycles. The van der Waals surface area contributed by atoms with E-state index in [4.69, 9.17) is 5.73 Å². The number of aryl methyl sites for hydroxylation is 2. The molecule has 90 valence electrons. The van der Waals surface area contributed by atoms with E-state index in [0.717, 1.165) is 20.5 Å². The van der Waals surface area contributed by atoms with Gasteiger partial charge in [-0.1, -0.05) is 6.07 Å². The lowest BCUT2D eigenvalue weighted by atomic mass is 10.0. The topological polar surface area (TPSA) is 26.0 Å². The summed E-state index contributed by atoms with van der Waals surface area (Å²) in [6.07, 6.45) is 0. The van der Waals surface area contributed by atoms with E-state index in [2.05, 4.69) is 15.9 Å². The highest BCUT2D eigenvalue weighted by molar-refractivity contribution is 9.10. The molecule has 0 spiro atoms. The summed E-state index contributed by atoms with van der Waals surface area (Å²) in [4.78, 5) is 2.29. The number of thiophene rings is 1. The molecular weight excluding hydrogens is 301 g/mol. The van der Waals surface area contributed by atoms with Gasteiger partial charge in [-0.15, -0.1) is 11.3 Å². The van der Waals surface area contributed by atoms with E-state index in [1.165, 1.54) is 17.0 Å². The van der Waals surface area contributed by atoms with Crippen LogP contribution in [0, 0.1) is 19.7 Å². The molecule has 1 unspecified atom stereocenters. The Kier molecular flexibility index (Phi) is 3.66. The molecule has 0 aliphatic heterocycles. The molecule has 17 heavy (non-hydrogen) atoms. The second kappa shape index (κ2) is 4.88. The predicted octanol–water partition coefficient (Wildman–Crippen LogP) is 4.31. The second-order valence-corrected chi connectivity index (χ2v) is 6.17. The Bertz CT molecular complexity index is 531. The van der Waals surface area contributed by atoms with Gasteiger partial charge in [0.2, 0.25) is 0 Å². The van der Waals surface area contributed by atoms with Crippen LogP contribution in [0.25, 0.3) is 0 Å². The van der Waals surface area contributed by atoms with E-state index in [0.29, 0.717) is 0 Å². The standard InChI is InChI=1S/C13H13BrFNS/c1-7-5-9(15)3-4-10(7)13(16)12-6-11(14)8(2)17-12/h3-6,13H,16H2,1-2H3. The predicted molar refractivity (Wildman–Crippen MR) is 73.9 cm³/mol. The molecule has 0 aliphatic carbocycles. The summed E-state index contributed by atoms with van der Waals surface area (Å²) < 4.78 is 14.1. The first kappa shape index (κ1) is 12.7. The molecule has 1 nitrogen and oxygen atoms in total. The highest BCUT2D eigenvalue weighted by Gasteiger charge is 2.15. The van der Waals surface area contributed by atoms with E-state index in [1.807, 2.05) is 19.9 Å². The fourth-order valence-corrected chi connectivity index (χ4v) is 3.36. The molecule has 0 fully saturated rings. The highest BCUT2D eigenvalue weighted by atomic mass is 79.9. The fraction of sp³-hybridized carbons (Fsp3) is 0.231. The van der Waals surface area contributed by atoms with E-state index in [-0.39, 0.29) is 11.9 Å². The largest absolute Gasteiger partial charge is 0.320 e. The SMILES string of the molecule is Cc1cc(F)ccc1C(N)c1cc(Br)c(C)s1. The highest BCUT2D eigenvalue weighted by Crippen LogP contribution is 2.33. The molecule has 1 aromatic heterocycles. The molecule has 2 N–H and O–H groups in total. The van der Waals surface area contributed by atoms with Crippen LogP contribution >= 0.6 is 27.3 Å². The van der Waals surface area contributed by atoms with Crippen LogP contribution in [0.15, 0.2) is 28.7 Å². The van der Waals surface area contributed by atoms with Gasteiger partial charge in [0.25, 0.3) is 0 Å². The molecule has 0 aliphatic rings. The Hall–Kier alpha value is -0.710. The van der Waals surface area contributed by atoms with Crippen molar-refractivity contribution in [1.82, 2.24) is 0 Å². The number of halogens is 2. The van der Waals surface area contributed by atoms with E-state index in [1.54, 1.807) is 17.4 Å². The van der Waals surface area contributed by atoms with Gasteiger partial charge in [-0.25, -0.2) is 4.39 Å². The zero-order chi connectivity index (χ0) is 12.6. The minimum Gasteiger partial charge on any atom is -0.320 e. The maximum Gasteiger partial charge on any atom is 0.123 e. The normalized spacial score (nSPS) is 12.8. The Labute approximate surface area is 113 Å². The van der Waals surface area contributed by atoms with Crippen LogP contribution < -0.4 is 5.73 Å². The average Bonchev–Trinajstić information content (AvgIpc) is 2.58. The summed E-state index contributed by atoms with van der Waals surface area (Å²) in [6.45, 7) is 3.93. The number of hydrogen-bond acceptors (Lipinski definition) is 2. The maximum absolute atomic E-state index is 13.0. The van der Waals surface area contributed by atoms with Gasteiger partial charge >= 0.3 is 0 Å². The Morgan fingerprint density at radius 1 is 1.29 bits per heavy atom. The molecule has 0 saturated heterocycles. The molecule has 0 bridgehead atoms. The Balaban J connectivity index is 2.39. The molecule has 0 radical (unpaired) electrons. The summed E-state index contributed by atoms with van der Waals surface area (Å²) in [7, 11) is 0. The van der Waals surface area contributed by atoms with Gasteiger partial charge < -0.3 is 5.73 Å². The maximum atomic E-state index is 13.0. The first-order valence-corrected chi connectivity index (χ1v) is 6.87. The van der Waals surface area contributed by atoms with Crippen molar-refractivity contribution >= 4 is 27.3 Å². The minimum atomic E-state index is -0.220. The lowest BCUT2D eigenvalue weighted by Gasteiger charge is -2.13. The zero-order valence-corrected chi connectivity index (χ0v) is 12.0. The Morgan fingerprint density at radius 2 is 2.00 bits per heavy atom. The van der Waals surface area contributed by atoms with E-state index >= 15 is 0 Å². The fourth-order valence-electron chi connectivity index (χ4n) is 1.78. The van der Waals surface area contributed by atoms with Gasteiger partial charge in [0, 0.05) is 14.2 Å². The van der Waals surface area contributed by atoms with Crippen molar-refractivity contribution in [3.05, 3.63) is 55.4 Å².